The predicted molar refractivity (Wildman–Crippen MR) is 122 cm³/mol. The minimum absolute atomic E-state index is 0.0372. The molecule has 31 heavy (non-hydrogen) atoms. The molecule has 0 spiro atoms. The Balaban J connectivity index is 1.57. The van der Waals surface area contributed by atoms with Crippen LogP contribution in [0.15, 0.2) is 36.9 Å². The molecule has 0 bridgehead atoms. The number of amides is 1. The highest BCUT2D eigenvalue weighted by atomic mass is 19.1. The average Bonchev–Trinajstić information content (AvgIpc) is 3.04. The fraction of sp³-hybridized carbons (Fsp3) is 0.458. The topological polar surface area (TPSA) is 41.0 Å². The molecule has 1 amide bonds. The van der Waals surface area contributed by atoms with Gasteiger partial charge in [-0.2, -0.15) is 0 Å². The van der Waals surface area contributed by atoms with Crippen LogP contribution in [0, 0.1) is 19.7 Å². The molecule has 166 valence electrons. The van der Waals surface area contributed by atoms with Crippen LogP contribution in [-0.4, -0.2) is 67.9 Å². The standard InChI is InChI=1S/C24H31FN4O2/c1-4-9-29-19(3)22(27-14-16-31-17-15-27)18(2)23(29)24(30)28-12-10-26(11-13-28)21-8-6-5-7-20(21)25/h4-8H,1,9-17H2,2-3H3. The lowest BCUT2D eigenvalue weighted by Crippen LogP contribution is -2.49. The summed E-state index contributed by atoms with van der Waals surface area (Å²) < 4.78 is 21.8. The lowest BCUT2D eigenvalue weighted by molar-refractivity contribution is 0.0735. The summed E-state index contributed by atoms with van der Waals surface area (Å²) in [5.41, 5.74) is 4.58. The van der Waals surface area contributed by atoms with Gasteiger partial charge in [0.1, 0.15) is 11.5 Å². The summed E-state index contributed by atoms with van der Waals surface area (Å²) in [6.45, 7) is 14.0. The van der Waals surface area contributed by atoms with Crippen molar-refractivity contribution in [2.24, 2.45) is 0 Å². The third-order valence-corrected chi connectivity index (χ3v) is 6.33. The van der Waals surface area contributed by atoms with Gasteiger partial charge in [-0.3, -0.25) is 4.79 Å². The molecule has 7 heteroatoms. The van der Waals surface area contributed by atoms with E-state index in [0.717, 1.165) is 35.7 Å². The van der Waals surface area contributed by atoms with E-state index < -0.39 is 0 Å². The lowest BCUT2D eigenvalue weighted by atomic mass is 10.1. The second-order valence-corrected chi connectivity index (χ2v) is 8.14. The number of rotatable bonds is 5. The summed E-state index contributed by atoms with van der Waals surface area (Å²) in [7, 11) is 0. The molecule has 1 aromatic carbocycles. The van der Waals surface area contributed by atoms with Crippen molar-refractivity contribution >= 4 is 17.3 Å². The van der Waals surface area contributed by atoms with E-state index in [1.165, 1.54) is 6.07 Å². The SMILES string of the molecule is C=CCn1c(C)c(N2CCOCC2)c(C)c1C(=O)N1CCN(c2ccccc2F)CC1. The van der Waals surface area contributed by atoms with Crippen LogP contribution in [0.4, 0.5) is 15.8 Å². The molecule has 2 saturated heterocycles. The van der Waals surface area contributed by atoms with Crippen molar-refractivity contribution in [1.82, 2.24) is 9.47 Å². The van der Waals surface area contributed by atoms with E-state index in [1.807, 2.05) is 28.9 Å². The van der Waals surface area contributed by atoms with Crippen molar-refractivity contribution in [3.05, 3.63) is 59.7 Å². The van der Waals surface area contributed by atoms with E-state index >= 15 is 0 Å². The molecule has 0 aliphatic carbocycles. The van der Waals surface area contributed by atoms with Gasteiger partial charge < -0.3 is 24.0 Å². The number of hydrogen-bond donors (Lipinski definition) is 0. The first-order valence-corrected chi connectivity index (χ1v) is 10.9. The molecule has 0 unspecified atom stereocenters. The first kappa shape index (κ1) is 21.4. The Morgan fingerprint density at radius 1 is 1.06 bits per heavy atom. The molecule has 2 aliphatic heterocycles. The maximum atomic E-state index is 14.2. The third kappa shape index (κ3) is 4.06. The molecule has 0 saturated carbocycles. The van der Waals surface area contributed by atoms with Crippen molar-refractivity contribution in [3.8, 4) is 0 Å². The largest absolute Gasteiger partial charge is 0.378 e. The first-order valence-electron chi connectivity index (χ1n) is 10.9. The van der Waals surface area contributed by atoms with Gasteiger partial charge in [0.2, 0.25) is 0 Å². The van der Waals surface area contributed by atoms with Crippen LogP contribution >= 0.6 is 0 Å². The van der Waals surface area contributed by atoms with Gasteiger partial charge in [-0.1, -0.05) is 18.2 Å². The van der Waals surface area contributed by atoms with Crippen molar-refractivity contribution in [2.45, 2.75) is 20.4 Å². The number of benzene rings is 1. The van der Waals surface area contributed by atoms with Gasteiger partial charge in [0.05, 0.1) is 24.6 Å². The van der Waals surface area contributed by atoms with E-state index in [4.69, 9.17) is 4.74 Å². The number of para-hydroxylation sites is 1. The first-order chi connectivity index (χ1) is 15.0. The smallest absolute Gasteiger partial charge is 0.270 e. The number of anilines is 2. The molecule has 0 atom stereocenters. The van der Waals surface area contributed by atoms with Gasteiger partial charge in [-0.15, -0.1) is 6.58 Å². The molecule has 2 aromatic rings. The molecular formula is C24H31FN4O2. The Hall–Kier alpha value is -2.80. The highest BCUT2D eigenvalue weighted by Gasteiger charge is 2.31. The van der Waals surface area contributed by atoms with Crippen LogP contribution in [0.2, 0.25) is 0 Å². The molecule has 2 aliphatic rings. The van der Waals surface area contributed by atoms with Crippen molar-refractivity contribution in [1.29, 1.82) is 0 Å². The zero-order chi connectivity index (χ0) is 22.0. The van der Waals surface area contributed by atoms with Crippen LogP contribution in [0.5, 0.6) is 0 Å². The predicted octanol–water partition coefficient (Wildman–Crippen LogP) is 3.23. The van der Waals surface area contributed by atoms with Crippen LogP contribution in [-0.2, 0) is 11.3 Å². The molecule has 1 aromatic heterocycles. The molecule has 2 fully saturated rings. The Morgan fingerprint density at radius 2 is 1.74 bits per heavy atom. The number of carbonyl (C=O) groups excluding carboxylic acids is 1. The van der Waals surface area contributed by atoms with E-state index in [1.54, 1.807) is 12.1 Å². The summed E-state index contributed by atoms with van der Waals surface area (Å²) >= 11 is 0. The Bertz CT molecular complexity index is 957. The number of hydrogen-bond acceptors (Lipinski definition) is 4. The fourth-order valence-electron chi connectivity index (χ4n) is 4.78. The number of piperazine rings is 1. The van der Waals surface area contributed by atoms with Gasteiger partial charge in [0, 0.05) is 57.1 Å². The summed E-state index contributed by atoms with van der Waals surface area (Å²) in [4.78, 5) is 19.8. The van der Waals surface area contributed by atoms with E-state index in [2.05, 4.69) is 23.0 Å². The number of nitrogens with zero attached hydrogens (tertiary/aromatic N) is 4. The highest BCUT2D eigenvalue weighted by molar-refractivity contribution is 5.97. The second-order valence-electron chi connectivity index (χ2n) is 8.14. The van der Waals surface area contributed by atoms with Crippen LogP contribution in [0.3, 0.4) is 0 Å². The number of allylic oxidation sites excluding steroid dienone is 1. The number of aromatic nitrogens is 1. The third-order valence-electron chi connectivity index (χ3n) is 6.33. The van der Waals surface area contributed by atoms with E-state index in [-0.39, 0.29) is 11.7 Å². The Morgan fingerprint density at radius 3 is 2.39 bits per heavy atom. The van der Waals surface area contributed by atoms with Crippen molar-refractivity contribution in [3.63, 3.8) is 0 Å². The van der Waals surface area contributed by atoms with Gasteiger partial charge in [0.25, 0.3) is 5.91 Å². The second kappa shape index (κ2) is 9.14. The van der Waals surface area contributed by atoms with E-state index in [9.17, 15) is 9.18 Å². The summed E-state index contributed by atoms with van der Waals surface area (Å²) in [6.07, 6.45) is 1.84. The van der Waals surface area contributed by atoms with Gasteiger partial charge >= 0.3 is 0 Å². The lowest BCUT2D eigenvalue weighted by Gasteiger charge is -2.36. The maximum Gasteiger partial charge on any atom is 0.270 e. The zero-order valence-electron chi connectivity index (χ0n) is 18.4. The minimum atomic E-state index is -0.219. The molecule has 4 rings (SSSR count). The Kier molecular flexibility index (Phi) is 6.32. The maximum absolute atomic E-state index is 14.2. The molecule has 3 heterocycles. The molecular weight excluding hydrogens is 395 g/mol. The number of ether oxygens (including phenoxy) is 1. The van der Waals surface area contributed by atoms with Crippen LogP contribution in [0.25, 0.3) is 0 Å². The van der Waals surface area contributed by atoms with Crippen molar-refractivity contribution < 1.29 is 13.9 Å². The fourth-order valence-corrected chi connectivity index (χ4v) is 4.78. The molecule has 0 N–H and O–H groups in total. The van der Waals surface area contributed by atoms with Gasteiger partial charge in [-0.05, 0) is 26.0 Å². The zero-order valence-corrected chi connectivity index (χ0v) is 18.4. The van der Waals surface area contributed by atoms with Gasteiger partial charge in [0.15, 0.2) is 0 Å². The average molecular weight is 427 g/mol. The summed E-state index contributed by atoms with van der Waals surface area (Å²) in [6, 6.07) is 6.82. The summed E-state index contributed by atoms with van der Waals surface area (Å²) in [5, 5.41) is 0. The summed E-state index contributed by atoms with van der Waals surface area (Å²) in [5.74, 6) is -0.182. The van der Waals surface area contributed by atoms with Crippen molar-refractivity contribution in [2.75, 3.05) is 62.3 Å². The highest BCUT2D eigenvalue weighted by Crippen LogP contribution is 2.33. The van der Waals surface area contributed by atoms with Crippen LogP contribution < -0.4 is 9.80 Å². The minimum Gasteiger partial charge on any atom is -0.378 e. The van der Waals surface area contributed by atoms with E-state index in [0.29, 0.717) is 51.6 Å². The monoisotopic (exact) mass is 426 g/mol. The number of morpholine rings is 1. The normalized spacial score (nSPS) is 17.2. The van der Waals surface area contributed by atoms with Gasteiger partial charge in [-0.25, -0.2) is 4.39 Å². The van der Waals surface area contributed by atoms with Crippen LogP contribution in [0.1, 0.15) is 21.7 Å². The quantitative estimate of drug-likeness (QED) is 0.689. The molecule has 0 radical (unpaired) electrons. The number of carbonyl (C=O) groups is 1. The molecule has 6 nitrogen and oxygen atoms in total. The Labute approximate surface area is 183 Å². The number of halogens is 1.